The molecule has 22 heteroatoms. The molecule has 3 saturated heterocycles. The molecule has 1 aromatic heterocycles. The topological polar surface area (TPSA) is 199 Å². The lowest BCUT2D eigenvalue weighted by Crippen LogP contribution is -2.38. The molecule has 10 aromatic rings. The molecule has 0 bridgehead atoms. The van der Waals surface area contributed by atoms with Crippen LogP contribution in [-0.4, -0.2) is 114 Å². The maximum Gasteiger partial charge on any atom is 0.231 e. The molecular formula is C88H90Cl2F3N5O12. The van der Waals surface area contributed by atoms with Gasteiger partial charge in [0.2, 0.25) is 13.6 Å². The molecule has 5 aliphatic heterocycles. The van der Waals surface area contributed by atoms with Crippen molar-refractivity contribution in [3.63, 3.8) is 0 Å². The number of ketones is 3. The number of rotatable bonds is 26. The highest BCUT2D eigenvalue weighted by molar-refractivity contribution is 6.36. The van der Waals surface area contributed by atoms with Gasteiger partial charge >= 0.3 is 0 Å². The summed E-state index contributed by atoms with van der Waals surface area (Å²) in [4.78, 5) is 39.3. The molecule has 9 aromatic carbocycles. The summed E-state index contributed by atoms with van der Waals surface area (Å²) in [5.41, 5.74) is 9.06. The third-order valence-electron chi connectivity index (χ3n) is 21.5. The van der Waals surface area contributed by atoms with Crippen LogP contribution in [0.15, 0.2) is 170 Å². The van der Waals surface area contributed by atoms with E-state index in [-0.39, 0.29) is 102 Å². The number of H-pyrrole nitrogens is 1. The number of aryl methyl sites for hydroxylation is 2. The normalized spacial score (nSPS) is 18.3. The number of halogens is 5. The van der Waals surface area contributed by atoms with Gasteiger partial charge < -0.3 is 58.6 Å². The molecule has 3 fully saturated rings. The summed E-state index contributed by atoms with van der Waals surface area (Å²) in [5, 5.41) is 19.3. The van der Waals surface area contributed by atoms with E-state index in [2.05, 4.69) is 26.1 Å². The number of hydrogen-bond donors (Lipinski definition) is 4. The minimum Gasteiger partial charge on any atom is -0.496 e. The second-order valence-corrected chi connectivity index (χ2v) is 29.2. The number of methoxy groups -OCH3 is 2. The third kappa shape index (κ3) is 19.2. The minimum atomic E-state index is -0.518. The van der Waals surface area contributed by atoms with Crippen LogP contribution in [0.1, 0.15) is 132 Å². The van der Waals surface area contributed by atoms with E-state index < -0.39 is 17.5 Å². The molecule has 574 valence electrons. The van der Waals surface area contributed by atoms with Gasteiger partial charge in [0.25, 0.3) is 0 Å². The number of fused-ring (bicyclic) bond motifs is 3. The number of Topliss-reactive ketones (excluding diaryl/α,β-unsaturated/α-hetero) is 3. The second kappa shape index (κ2) is 37.1. The lowest BCUT2D eigenvalue weighted by atomic mass is 9.80. The fourth-order valence-electron chi connectivity index (χ4n) is 15.4. The van der Waals surface area contributed by atoms with Gasteiger partial charge in [0.15, 0.2) is 40.3 Å². The van der Waals surface area contributed by atoms with Gasteiger partial charge in [0.1, 0.15) is 46.2 Å². The van der Waals surface area contributed by atoms with E-state index in [1.54, 1.807) is 68.9 Å². The van der Waals surface area contributed by atoms with E-state index in [0.29, 0.717) is 83.4 Å². The van der Waals surface area contributed by atoms with Crippen LogP contribution in [0, 0.1) is 49.1 Å². The Balaban J connectivity index is 0.000000145. The van der Waals surface area contributed by atoms with Crippen LogP contribution in [0.4, 0.5) is 13.2 Å². The van der Waals surface area contributed by atoms with Crippen LogP contribution in [0.3, 0.4) is 0 Å². The largest absolute Gasteiger partial charge is 0.496 e. The van der Waals surface area contributed by atoms with E-state index in [4.69, 9.17) is 65.8 Å². The first-order chi connectivity index (χ1) is 53.5. The van der Waals surface area contributed by atoms with E-state index in [9.17, 15) is 27.6 Å². The monoisotopic (exact) mass is 1540 g/mol. The van der Waals surface area contributed by atoms with Gasteiger partial charge in [0, 0.05) is 84.2 Å². The molecule has 0 saturated carbocycles. The average Bonchev–Trinajstić information content (AvgIpc) is 1.08. The Morgan fingerprint density at radius 2 is 0.836 bits per heavy atom. The molecule has 5 aliphatic rings. The van der Waals surface area contributed by atoms with Gasteiger partial charge in [0.05, 0.1) is 62.4 Å². The van der Waals surface area contributed by atoms with Gasteiger partial charge in [-0.05, 0) is 237 Å². The Morgan fingerprint density at radius 1 is 0.455 bits per heavy atom. The first-order valence-corrected chi connectivity index (χ1v) is 38.2. The molecule has 0 amide bonds. The number of nitrogens with one attached hydrogen (secondary N) is 4. The molecule has 4 N–H and O–H groups in total. The SMILES string of the molecule is COc1cccc(C)c1CCC(=O)c1cc([C@@H]2CCNC[C@H]2COc2ccc3[nH]ncc3c2)ccc1F.COc1cccc(C)c1CCC(=O)c1cc([C@@H]2CCNC[C@H]2COc2ccc3c(c2)OCO3)ccc1F.O=C(CCc1c(Cl)cccc1Cl)c1cc([C@@H]2CCNC[C@H]2COc2ccc3c(c2)OCO3)ccc1F. The molecule has 110 heavy (non-hydrogen) atoms. The Kier molecular flexibility index (Phi) is 26.3. The van der Waals surface area contributed by atoms with Crippen molar-refractivity contribution in [2.75, 3.05) is 86.9 Å². The van der Waals surface area contributed by atoms with Crippen molar-refractivity contribution in [3.8, 4) is 51.7 Å². The molecule has 15 rings (SSSR count). The molecule has 0 aliphatic carbocycles. The number of aromatic nitrogens is 2. The highest BCUT2D eigenvalue weighted by Crippen LogP contribution is 2.41. The van der Waals surface area contributed by atoms with Crippen LogP contribution >= 0.6 is 23.2 Å². The number of piperidine rings is 3. The predicted molar refractivity (Wildman–Crippen MR) is 418 cm³/mol. The zero-order valence-electron chi connectivity index (χ0n) is 62.0. The Bertz CT molecular complexity index is 4890. The summed E-state index contributed by atoms with van der Waals surface area (Å²) in [5.74, 6) is 5.33. The van der Waals surface area contributed by atoms with E-state index in [1.165, 1.54) is 18.2 Å². The standard InChI is InChI=1S/C30H32FN3O3.C30H32FNO5.C28H26Cl2FNO4/c1-19-4-3-5-30(36-2)24(19)8-11-29(35)26-15-20(6-9-27(26)31)25-12-13-32-16-22(25)18-37-23-7-10-28-21(14-23)17-33-34-28;1-19-4-3-5-28(34-2)23(19)8-10-27(33)25-14-20(6-9-26(25)31)24-12-13-32-16-21(24)17-35-22-7-11-29-30(15-22)37-18-36-29;29-23-2-1-3-24(30)21(23)6-8-26(33)22-12-17(4-7-25(22)31)20-10-11-32-14-18(20)15-34-19-5-9-27-28(13-19)36-16-35-27/h3-7,9-10,14-15,17,22,25,32H,8,11-13,16,18H2,1-2H3,(H,33,34);3-7,9,11,14-15,21,24,32H,8,10,12-13,16-18H2,1-2H3;1-5,7,9,12-13,18,20,32H,6,8,10-11,14-16H2/t22-,25-;21-,24-;18-,20-/m000/s1. The van der Waals surface area contributed by atoms with Gasteiger partial charge in [-0.15, -0.1) is 0 Å². The van der Waals surface area contributed by atoms with Crippen molar-refractivity contribution in [2.45, 2.75) is 89.4 Å². The van der Waals surface area contributed by atoms with Crippen LogP contribution in [0.25, 0.3) is 10.9 Å². The highest BCUT2D eigenvalue weighted by atomic mass is 35.5. The third-order valence-corrected chi connectivity index (χ3v) is 22.2. The number of hydrogen-bond acceptors (Lipinski definition) is 16. The smallest absolute Gasteiger partial charge is 0.231 e. The fourth-order valence-corrected chi connectivity index (χ4v) is 16.0. The summed E-state index contributed by atoms with van der Waals surface area (Å²) in [7, 11) is 3.24. The molecule has 0 unspecified atom stereocenters. The Morgan fingerprint density at radius 3 is 1.25 bits per heavy atom. The molecule has 0 spiro atoms. The Labute approximate surface area is 648 Å². The summed E-state index contributed by atoms with van der Waals surface area (Å²) < 4.78 is 95.2. The molecule has 6 atom stereocenters. The Hall–Kier alpha value is -10.1. The number of nitrogens with zero attached hydrogens (tertiary/aromatic N) is 1. The average molecular weight is 1540 g/mol. The van der Waals surface area contributed by atoms with E-state index >= 15 is 0 Å². The van der Waals surface area contributed by atoms with E-state index in [0.717, 1.165) is 131 Å². The van der Waals surface area contributed by atoms with Crippen molar-refractivity contribution in [1.82, 2.24) is 26.1 Å². The lowest BCUT2D eigenvalue weighted by Gasteiger charge is -2.32. The van der Waals surface area contributed by atoms with Crippen LogP contribution in [0.5, 0.6) is 51.7 Å². The van der Waals surface area contributed by atoms with E-state index in [1.807, 2.05) is 111 Å². The second-order valence-electron chi connectivity index (χ2n) is 28.4. The quantitative estimate of drug-likeness (QED) is 0.0373. The number of carbonyl (C=O) groups is 3. The van der Waals surface area contributed by atoms with Crippen molar-refractivity contribution in [3.05, 3.63) is 259 Å². The van der Waals surface area contributed by atoms with Crippen molar-refractivity contribution < 1.29 is 70.2 Å². The van der Waals surface area contributed by atoms with Crippen molar-refractivity contribution in [2.24, 2.45) is 17.8 Å². The van der Waals surface area contributed by atoms with Crippen LogP contribution in [0.2, 0.25) is 10.0 Å². The van der Waals surface area contributed by atoms with Gasteiger partial charge in [-0.1, -0.05) is 71.7 Å². The van der Waals surface area contributed by atoms with Crippen molar-refractivity contribution >= 4 is 51.5 Å². The molecule has 6 heterocycles. The van der Waals surface area contributed by atoms with Gasteiger partial charge in [-0.3, -0.25) is 19.5 Å². The number of ether oxygens (including phenoxy) is 9. The summed E-state index contributed by atoms with van der Waals surface area (Å²) >= 11 is 12.5. The first kappa shape index (κ1) is 78.0. The summed E-state index contributed by atoms with van der Waals surface area (Å²) in [6, 6.07) is 48.6. The molecular weight excluding hydrogens is 1450 g/mol. The number of benzene rings is 9. The summed E-state index contributed by atoms with van der Waals surface area (Å²) in [6.45, 7) is 10.8. The maximum absolute atomic E-state index is 14.8. The number of aromatic amines is 1. The fraction of sp³-hybridized carbons (Fsp3) is 0.341. The lowest BCUT2D eigenvalue weighted by molar-refractivity contribution is 0.0970. The first-order valence-electron chi connectivity index (χ1n) is 37.4. The predicted octanol–water partition coefficient (Wildman–Crippen LogP) is 17.5. The van der Waals surface area contributed by atoms with Crippen LogP contribution < -0.4 is 58.6 Å². The maximum atomic E-state index is 14.8. The number of carbonyl (C=O) groups excluding carboxylic acids is 3. The van der Waals surface area contributed by atoms with Crippen molar-refractivity contribution in [1.29, 1.82) is 0 Å². The summed E-state index contributed by atoms with van der Waals surface area (Å²) in [6.07, 6.45) is 6.32. The zero-order chi connectivity index (χ0) is 76.6. The minimum absolute atomic E-state index is 0.102. The zero-order valence-corrected chi connectivity index (χ0v) is 63.5. The molecule has 17 nitrogen and oxygen atoms in total. The molecule has 0 radical (unpaired) electrons. The van der Waals surface area contributed by atoms with Crippen LogP contribution in [-0.2, 0) is 19.3 Å². The van der Waals surface area contributed by atoms with Gasteiger partial charge in [-0.2, -0.15) is 5.10 Å². The van der Waals surface area contributed by atoms with Gasteiger partial charge in [-0.25, -0.2) is 13.2 Å². The highest BCUT2D eigenvalue weighted by Gasteiger charge is 2.33.